The van der Waals surface area contributed by atoms with Gasteiger partial charge in [-0.1, -0.05) is 41.5 Å². The van der Waals surface area contributed by atoms with Crippen LogP contribution in [0.25, 0.3) is 0 Å². The van der Waals surface area contributed by atoms with E-state index in [0.29, 0.717) is 5.56 Å². The molecular formula is C20H24N2O2. The Hall–Kier alpha value is -2.62. The first-order valence-corrected chi connectivity index (χ1v) is 8.08. The molecule has 0 radical (unpaired) electrons. The summed E-state index contributed by atoms with van der Waals surface area (Å²) >= 11 is 0. The lowest BCUT2D eigenvalue weighted by Crippen LogP contribution is -2.38. The van der Waals surface area contributed by atoms with E-state index in [-0.39, 0.29) is 24.4 Å². The predicted molar refractivity (Wildman–Crippen MR) is 96.0 cm³/mol. The molecule has 0 saturated heterocycles. The van der Waals surface area contributed by atoms with Crippen LogP contribution in [0.4, 0.5) is 0 Å². The monoisotopic (exact) mass is 324 g/mol. The molecule has 0 fully saturated rings. The molecule has 0 heterocycles. The highest BCUT2D eigenvalue weighted by atomic mass is 16.2. The molecule has 126 valence electrons. The van der Waals surface area contributed by atoms with Gasteiger partial charge in [0.05, 0.1) is 12.6 Å². The number of benzene rings is 2. The summed E-state index contributed by atoms with van der Waals surface area (Å²) in [6.45, 7) is 7.92. The van der Waals surface area contributed by atoms with Gasteiger partial charge in [0, 0.05) is 5.56 Å². The first-order chi connectivity index (χ1) is 11.4. The van der Waals surface area contributed by atoms with E-state index >= 15 is 0 Å². The minimum Gasteiger partial charge on any atom is -0.348 e. The molecule has 4 nitrogen and oxygen atoms in total. The zero-order valence-corrected chi connectivity index (χ0v) is 14.6. The van der Waals surface area contributed by atoms with Crippen LogP contribution in [-0.2, 0) is 4.79 Å². The summed E-state index contributed by atoms with van der Waals surface area (Å²) in [6.07, 6.45) is 0. The van der Waals surface area contributed by atoms with Gasteiger partial charge < -0.3 is 10.6 Å². The first-order valence-electron chi connectivity index (χ1n) is 8.08. The van der Waals surface area contributed by atoms with Gasteiger partial charge in [-0.15, -0.1) is 0 Å². The summed E-state index contributed by atoms with van der Waals surface area (Å²) in [5.74, 6) is -0.451. The second-order valence-electron chi connectivity index (χ2n) is 6.20. The minimum absolute atomic E-state index is 0.0398. The zero-order valence-electron chi connectivity index (χ0n) is 14.6. The molecule has 2 amide bonds. The van der Waals surface area contributed by atoms with Crippen molar-refractivity contribution in [2.75, 3.05) is 6.54 Å². The van der Waals surface area contributed by atoms with Gasteiger partial charge >= 0.3 is 0 Å². The van der Waals surface area contributed by atoms with Crippen LogP contribution in [0.2, 0.25) is 0 Å². The SMILES string of the molecule is Cc1ccc(C(=O)NCC(=O)NC(C)c2cc(C)ccc2C)cc1. The van der Waals surface area contributed by atoms with E-state index in [1.54, 1.807) is 12.1 Å². The third kappa shape index (κ3) is 4.69. The van der Waals surface area contributed by atoms with Gasteiger partial charge in [0.2, 0.25) is 5.91 Å². The summed E-state index contributed by atoms with van der Waals surface area (Å²) in [6, 6.07) is 13.3. The number of hydrogen-bond acceptors (Lipinski definition) is 2. The van der Waals surface area contributed by atoms with Crippen molar-refractivity contribution in [1.82, 2.24) is 10.6 Å². The Labute approximate surface area is 143 Å². The summed E-state index contributed by atoms with van der Waals surface area (Å²) in [7, 11) is 0. The van der Waals surface area contributed by atoms with E-state index in [1.807, 2.05) is 45.9 Å². The number of rotatable bonds is 5. The van der Waals surface area contributed by atoms with Crippen molar-refractivity contribution in [2.45, 2.75) is 33.7 Å². The number of aryl methyl sites for hydroxylation is 3. The van der Waals surface area contributed by atoms with Gasteiger partial charge in [-0.05, 0) is 51.0 Å². The van der Waals surface area contributed by atoms with E-state index in [1.165, 1.54) is 0 Å². The minimum atomic E-state index is -0.246. The van der Waals surface area contributed by atoms with Crippen molar-refractivity contribution in [3.8, 4) is 0 Å². The fourth-order valence-electron chi connectivity index (χ4n) is 2.56. The van der Waals surface area contributed by atoms with Gasteiger partial charge in [0.15, 0.2) is 0 Å². The molecule has 1 unspecified atom stereocenters. The van der Waals surface area contributed by atoms with Crippen LogP contribution in [0, 0.1) is 20.8 Å². The van der Waals surface area contributed by atoms with Gasteiger partial charge in [-0.25, -0.2) is 0 Å². The predicted octanol–water partition coefficient (Wildman–Crippen LogP) is 3.22. The lowest BCUT2D eigenvalue weighted by atomic mass is 10.00. The molecule has 0 aliphatic carbocycles. The average molecular weight is 324 g/mol. The Morgan fingerprint density at radius 2 is 1.58 bits per heavy atom. The molecule has 0 saturated carbocycles. The average Bonchev–Trinajstić information content (AvgIpc) is 2.55. The maximum Gasteiger partial charge on any atom is 0.251 e. The van der Waals surface area contributed by atoms with Gasteiger partial charge in [0.25, 0.3) is 5.91 Å². The van der Waals surface area contributed by atoms with E-state index in [4.69, 9.17) is 0 Å². The maximum absolute atomic E-state index is 12.1. The number of carbonyl (C=O) groups excluding carboxylic acids is 2. The van der Waals surface area contributed by atoms with Crippen molar-refractivity contribution in [1.29, 1.82) is 0 Å². The lowest BCUT2D eigenvalue weighted by Gasteiger charge is -2.17. The molecule has 2 aromatic rings. The van der Waals surface area contributed by atoms with Crippen LogP contribution in [0.15, 0.2) is 42.5 Å². The second-order valence-corrected chi connectivity index (χ2v) is 6.20. The van der Waals surface area contributed by atoms with E-state index in [0.717, 1.165) is 22.3 Å². The Bertz CT molecular complexity index is 736. The number of hydrogen-bond donors (Lipinski definition) is 2. The first kappa shape index (κ1) is 17.7. The fourth-order valence-corrected chi connectivity index (χ4v) is 2.56. The van der Waals surface area contributed by atoms with Crippen LogP contribution >= 0.6 is 0 Å². The van der Waals surface area contributed by atoms with Crippen LogP contribution in [0.5, 0.6) is 0 Å². The summed E-state index contributed by atoms with van der Waals surface area (Å²) in [5.41, 5.74) is 5.03. The molecule has 2 aromatic carbocycles. The Morgan fingerprint density at radius 3 is 2.25 bits per heavy atom. The Morgan fingerprint density at radius 1 is 0.958 bits per heavy atom. The molecule has 0 aliphatic rings. The third-order valence-corrected chi connectivity index (χ3v) is 4.00. The lowest BCUT2D eigenvalue weighted by molar-refractivity contribution is -0.120. The molecular weight excluding hydrogens is 300 g/mol. The summed E-state index contributed by atoms with van der Waals surface area (Å²) in [4.78, 5) is 24.1. The largest absolute Gasteiger partial charge is 0.348 e. The highest BCUT2D eigenvalue weighted by Crippen LogP contribution is 2.18. The topological polar surface area (TPSA) is 58.2 Å². The third-order valence-electron chi connectivity index (χ3n) is 4.00. The normalized spacial score (nSPS) is 11.7. The molecule has 0 spiro atoms. The summed E-state index contributed by atoms with van der Waals surface area (Å²) < 4.78 is 0. The standard InChI is InChI=1S/C20H24N2O2/c1-13-6-9-17(10-7-13)20(24)21-12-19(23)22-16(4)18-11-14(2)5-8-15(18)3/h5-11,16H,12H2,1-4H3,(H,21,24)(H,22,23). The molecule has 2 N–H and O–H groups in total. The highest BCUT2D eigenvalue weighted by molar-refractivity contribution is 5.96. The summed E-state index contributed by atoms with van der Waals surface area (Å²) in [5, 5.41) is 5.58. The highest BCUT2D eigenvalue weighted by Gasteiger charge is 2.13. The van der Waals surface area contributed by atoms with E-state index in [2.05, 4.69) is 22.8 Å². The molecule has 4 heteroatoms. The van der Waals surface area contributed by atoms with Crippen LogP contribution in [0.1, 0.15) is 45.6 Å². The number of carbonyl (C=O) groups is 2. The van der Waals surface area contributed by atoms with Gasteiger partial charge in [-0.2, -0.15) is 0 Å². The van der Waals surface area contributed by atoms with E-state index < -0.39 is 0 Å². The Balaban J connectivity index is 1.89. The molecule has 1 atom stereocenters. The quantitative estimate of drug-likeness (QED) is 0.887. The number of amides is 2. The van der Waals surface area contributed by atoms with Crippen molar-refractivity contribution in [3.63, 3.8) is 0 Å². The van der Waals surface area contributed by atoms with Crippen molar-refractivity contribution < 1.29 is 9.59 Å². The van der Waals surface area contributed by atoms with E-state index in [9.17, 15) is 9.59 Å². The molecule has 0 bridgehead atoms. The van der Waals surface area contributed by atoms with Crippen molar-refractivity contribution >= 4 is 11.8 Å². The van der Waals surface area contributed by atoms with Gasteiger partial charge in [0.1, 0.15) is 0 Å². The van der Waals surface area contributed by atoms with Crippen LogP contribution in [0.3, 0.4) is 0 Å². The van der Waals surface area contributed by atoms with Gasteiger partial charge in [-0.3, -0.25) is 9.59 Å². The molecule has 24 heavy (non-hydrogen) atoms. The van der Waals surface area contributed by atoms with Crippen molar-refractivity contribution in [2.24, 2.45) is 0 Å². The van der Waals surface area contributed by atoms with Crippen LogP contribution < -0.4 is 10.6 Å². The second kappa shape index (κ2) is 7.77. The maximum atomic E-state index is 12.1. The zero-order chi connectivity index (χ0) is 17.7. The molecule has 0 aromatic heterocycles. The smallest absolute Gasteiger partial charge is 0.251 e. The fraction of sp³-hybridized carbons (Fsp3) is 0.300. The Kier molecular flexibility index (Phi) is 5.74. The van der Waals surface area contributed by atoms with Crippen LogP contribution in [-0.4, -0.2) is 18.4 Å². The molecule has 2 rings (SSSR count). The number of nitrogens with one attached hydrogen (secondary N) is 2. The molecule has 0 aliphatic heterocycles. The van der Waals surface area contributed by atoms with Crippen molar-refractivity contribution in [3.05, 3.63) is 70.3 Å².